The summed E-state index contributed by atoms with van der Waals surface area (Å²) in [5.41, 5.74) is -2.30. The number of hydrogen-bond donors (Lipinski definition) is 1. The average molecular weight is 612 g/mol. The number of carbonyl (C=O) groups is 2. The SMILES string of the molecule is CCN(C)C1CC([C@@H]2COC(=O)C(C)(C)C(=O)[C@H](C)[C@@H](O[C@@H]3O[C@H](C)C[C@H](N(C)C)[C@H]3O)[C@](C)(OC)C[C@@H](C)CN2C)C1. The first kappa shape index (κ1) is 36.3. The lowest BCUT2D eigenvalue weighted by Crippen LogP contribution is -2.59. The number of rotatable bonds is 7. The quantitative estimate of drug-likeness (QED) is 0.342. The summed E-state index contributed by atoms with van der Waals surface area (Å²) in [5.74, 6) is -0.955. The second kappa shape index (κ2) is 14.5. The van der Waals surface area contributed by atoms with Crippen LogP contribution in [0.15, 0.2) is 0 Å². The first-order valence-corrected chi connectivity index (χ1v) is 16.3. The van der Waals surface area contributed by atoms with Gasteiger partial charge in [0.2, 0.25) is 0 Å². The first-order valence-electron chi connectivity index (χ1n) is 16.3. The zero-order chi connectivity index (χ0) is 32.4. The number of likely N-dealkylation sites (N-methyl/N-ethyl adjacent to an activating group) is 2. The second-order valence-corrected chi connectivity index (χ2v) is 14.8. The summed E-state index contributed by atoms with van der Waals surface area (Å²) in [7, 11) is 9.77. The number of nitrogens with zero attached hydrogens (tertiary/aromatic N) is 3. The van der Waals surface area contributed by atoms with Gasteiger partial charge in [-0.15, -0.1) is 0 Å². The first-order chi connectivity index (χ1) is 20.0. The predicted octanol–water partition coefficient (Wildman–Crippen LogP) is 3.05. The van der Waals surface area contributed by atoms with Crippen LogP contribution in [0.3, 0.4) is 0 Å². The molecule has 9 atom stereocenters. The summed E-state index contributed by atoms with van der Waals surface area (Å²) >= 11 is 0. The zero-order valence-corrected chi connectivity index (χ0v) is 29.0. The zero-order valence-electron chi connectivity index (χ0n) is 29.0. The summed E-state index contributed by atoms with van der Waals surface area (Å²) in [6, 6.07) is 0.442. The van der Waals surface area contributed by atoms with E-state index in [-0.39, 0.29) is 36.5 Å². The van der Waals surface area contributed by atoms with Gasteiger partial charge in [0, 0.05) is 37.7 Å². The third kappa shape index (κ3) is 7.99. The van der Waals surface area contributed by atoms with Gasteiger partial charge in [0.15, 0.2) is 12.1 Å². The molecule has 1 aliphatic carbocycles. The lowest BCUT2D eigenvalue weighted by atomic mass is 9.74. The fraction of sp³-hybridized carbons (Fsp3) is 0.939. The Hall–Kier alpha value is -1.14. The van der Waals surface area contributed by atoms with Gasteiger partial charge in [-0.25, -0.2) is 0 Å². The highest BCUT2D eigenvalue weighted by Gasteiger charge is 2.52. The minimum atomic E-state index is -1.39. The summed E-state index contributed by atoms with van der Waals surface area (Å²) in [5, 5.41) is 11.3. The van der Waals surface area contributed by atoms with E-state index in [2.05, 4.69) is 37.7 Å². The van der Waals surface area contributed by atoms with Crippen molar-refractivity contribution in [2.45, 2.75) is 122 Å². The number of ether oxygens (including phenoxy) is 4. The number of ketones is 1. The Morgan fingerprint density at radius 3 is 2.26 bits per heavy atom. The normalized spacial score (nSPS) is 42.1. The Bertz CT molecular complexity index is 941. The van der Waals surface area contributed by atoms with Crippen LogP contribution in [0.25, 0.3) is 0 Å². The van der Waals surface area contributed by atoms with Gasteiger partial charge in [0.1, 0.15) is 18.1 Å². The Kier molecular flexibility index (Phi) is 12.3. The van der Waals surface area contributed by atoms with E-state index in [1.807, 2.05) is 32.8 Å². The van der Waals surface area contributed by atoms with E-state index in [1.165, 1.54) is 0 Å². The van der Waals surface area contributed by atoms with Crippen molar-refractivity contribution in [2.75, 3.05) is 55.0 Å². The van der Waals surface area contributed by atoms with Gasteiger partial charge in [-0.1, -0.05) is 20.8 Å². The molecular weight excluding hydrogens is 550 g/mol. The molecule has 1 saturated carbocycles. The topological polar surface area (TPSA) is 101 Å². The number of Topliss-reactive ketones (excluding diaryl/α,β-unsaturated/α-hetero) is 1. The smallest absolute Gasteiger partial charge is 0.319 e. The van der Waals surface area contributed by atoms with Crippen molar-refractivity contribution in [3.05, 3.63) is 0 Å². The van der Waals surface area contributed by atoms with E-state index in [4.69, 9.17) is 18.9 Å². The Morgan fingerprint density at radius 2 is 1.70 bits per heavy atom. The largest absolute Gasteiger partial charge is 0.463 e. The van der Waals surface area contributed by atoms with Crippen LogP contribution in [0, 0.1) is 23.2 Å². The van der Waals surface area contributed by atoms with E-state index in [9.17, 15) is 14.7 Å². The monoisotopic (exact) mass is 611 g/mol. The van der Waals surface area contributed by atoms with Gasteiger partial charge >= 0.3 is 5.97 Å². The van der Waals surface area contributed by atoms with Crippen LogP contribution in [-0.2, 0) is 28.5 Å². The van der Waals surface area contributed by atoms with Crippen molar-refractivity contribution >= 4 is 11.8 Å². The van der Waals surface area contributed by atoms with E-state index >= 15 is 0 Å². The van der Waals surface area contributed by atoms with Crippen LogP contribution >= 0.6 is 0 Å². The molecule has 250 valence electrons. The summed E-state index contributed by atoms with van der Waals surface area (Å²) in [4.78, 5) is 34.4. The van der Waals surface area contributed by atoms with Gasteiger partial charge in [-0.05, 0) is 99.9 Å². The summed E-state index contributed by atoms with van der Waals surface area (Å²) in [6.07, 6.45) is 0.597. The molecule has 1 N–H and O–H groups in total. The van der Waals surface area contributed by atoms with E-state index in [1.54, 1.807) is 27.9 Å². The number of aliphatic hydroxyl groups excluding tert-OH is 1. The maximum absolute atomic E-state index is 14.2. The Balaban J connectivity index is 1.95. The molecule has 0 aromatic rings. The van der Waals surface area contributed by atoms with Crippen LogP contribution < -0.4 is 0 Å². The highest BCUT2D eigenvalue weighted by atomic mass is 16.7. The average Bonchev–Trinajstić information content (AvgIpc) is 2.91. The minimum absolute atomic E-state index is 0.0630. The number of aliphatic hydroxyl groups is 1. The Morgan fingerprint density at radius 1 is 1.07 bits per heavy atom. The molecule has 0 amide bonds. The van der Waals surface area contributed by atoms with Crippen molar-refractivity contribution < 1.29 is 33.6 Å². The van der Waals surface area contributed by atoms with Gasteiger partial charge in [0.25, 0.3) is 0 Å². The molecule has 0 bridgehead atoms. The molecule has 0 aromatic carbocycles. The summed E-state index contributed by atoms with van der Waals surface area (Å²) < 4.78 is 25.0. The van der Waals surface area contributed by atoms with Crippen LogP contribution in [0.4, 0.5) is 0 Å². The Labute approximate surface area is 260 Å². The molecule has 3 fully saturated rings. The van der Waals surface area contributed by atoms with Crippen LogP contribution in [0.2, 0.25) is 0 Å². The molecule has 0 radical (unpaired) electrons. The molecule has 2 aliphatic heterocycles. The van der Waals surface area contributed by atoms with Gasteiger partial charge in [0.05, 0.1) is 17.8 Å². The number of cyclic esters (lactones) is 1. The highest BCUT2D eigenvalue weighted by Crippen LogP contribution is 2.40. The molecule has 3 aliphatic rings. The minimum Gasteiger partial charge on any atom is -0.463 e. The molecule has 0 unspecified atom stereocenters. The van der Waals surface area contributed by atoms with Crippen molar-refractivity contribution in [3.63, 3.8) is 0 Å². The third-order valence-corrected chi connectivity index (χ3v) is 10.7. The molecule has 0 aromatic heterocycles. The van der Waals surface area contributed by atoms with Gasteiger partial charge in [-0.3, -0.25) is 14.5 Å². The van der Waals surface area contributed by atoms with E-state index < -0.39 is 41.4 Å². The molecule has 2 heterocycles. The molecule has 0 spiro atoms. The highest BCUT2D eigenvalue weighted by molar-refractivity contribution is 6.04. The van der Waals surface area contributed by atoms with Crippen molar-refractivity contribution in [1.29, 1.82) is 0 Å². The standard InChI is InChI=1S/C33H61N3O7/c1-13-35(10)24-15-23(16-24)26-19-41-31(39)32(5,6)28(38)22(4)29(33(7,40-12)17-20(2)18-36(26)11)43-30-27(37)25(34(8)9)14-21(3)42-30/h20-27,29-30,37H,13-19H2,1-12H3/t20-,21-,22+,23?,24?,25+,26+,27-,29-,30+,33-/m1/s1. The van der Waals surface area contributed by atoms with Crippen molar-refractivity contribution in [3.8, 4) is 0 Å². The van der Waals surface area contributed by atoms with Crippen LogP contribution in [-0.4, -0.2) is 135 Å². The lowest BCUT2D eigenvalue weighted by Gasteiger charge is -2.48. The van der Waals surface area contributed by atoms with E-state index in [0.717, 1.165) is 25.9 Å². The maximum Gasteiger partial charge on any atom is 0.319 e. The second-order valence-electron chi connectivity index (χ2n) is 14.8. The summed E-state index contributed by atoms with van der Waals surface area (Å²) in [6.45, 7) is 15.4. The van der Waals surface area contributed by atoms with Crippen molar-refractivity contribution in [2.24, 2.45) is 23.2 Å². The number of esters is 1. The van der Waals surface area contributed by atoms with E-state index in [0.29, 0.717) is 24.8 Å². The van der Waals surface area contributed by atoms with Gasteiger partial charge in [-0.2, -0.15) is 0 Å². The molecular formula is C33H61N3O7. The molecule has 3 rings (SSSR count). The third-order valence-electron chi connectivity index (χ3n) is 10.7. The maximum atomic E-state index is 14.2. The molecule has 10 nitrogen and oxygen atoms in total. The molecule has 10 heteroatoms. The number of hydrogen-bond acceptors (Lipinski definition) is 10. The molecule has 2 saturated heterocycles. The fourth-order valence-corrected chi connectivity index (χ4v) is 7.62. The lowest BCUT2D eigenvalue weighted by molar-refractivity contribution is -0.295. The fourth-order valence-electron chi connectivity index (χ4n) is 7.62. The molecule has 43 heavy (non-hydrogen) atoms. The van der Waals surface area contributed by atoms with Gasteiger partial charge < -0.3 is 33.9 Å². The van der Waals surface area contributed by atoms with Crippen LogP contribution in [0.1, 0.15) is 74.1 Å². The number of carbonyl (C=O) groups excluding carboxylic acids is 2. The number of methoxy groups -OCH3 is 1. The predicted molar refractivity (Wildman–Crippen MR) is 167 cm³/mol. The van der Waals surface area contributed by atoms with Crippen molar-refractivity contribution in [1.82, 2.24) is 14.7 Å². The van der Waals surface area contributed by atoms with Crippen LogP contribution in [0.5, 0.6) is 0 Å².